The summed E-state index contributed by atoms with van der Waals surface area (Å²) in [6.07, 6.45) is 2.46. The molecule has 104 valence electrons. The third kappa shape index (κ3) is 2.96. The molecule has 6 heteroatoms. The van der Waals surface area contributed by atoms with E-state index < -0.39 is 0 Å². The molecular formula is C14H15N3O2S. The Kier molecular flexibility index (Phi) is 3.92. The Labute approximate surface area is 121 Å². The number of benzene rings is 1. The van der Waals surface area contributed by atoms with Crippen molar-refractivity contribution in [3.05, 3.63) is 30.6 Å². The molecule has 2 heterocycles. The van der Waals surface area contributed by atoms with E-state index in [-0.39, 0.29) is 0 Å². The van der Waals surface area contributed by atoms with Crippen molar-refractivity contribution in [3.8, 4) is 11.5 Å². The van der Waals surface area contributed by atoms with Crippen LogP contribution in [-0.2, 0) is 0 Å². The van der Waals surface area contributed by atoms with Crippen LogP contribution in [0.4, 0.5) is 5.82 Å². The smallest absolute Gasteiger partial charge is 0.162 e. The van der Waals surface area contributed by atoms with Crippen molar-refractivity contribution in [1.29, 1.82) is 0 Å². The molecule has 1 aromatic heterocycles. The lowest BCUT2D eigenvalue weighted by Crippen LogP contribution is -1.97. The Morgan fingerprint density at radius 2 is 1.95 bits per heavy atom. The van der Waals surface area contributed by atoms with Crippen molar-refractivity contribution in [2.75, 3.05) is 25.6 Å². The normalized spacial score (nSPS) is 13.7. The lowest BCUT2D eigenvalue weighted by Gasteiger charge is -2.09. The number of ether oxygens (including phenoxy) is 2. The van der Waals surface area contributed by atoms with Crippen molar-refractivity contribution in [1.82, 2.24) is 9.97 Å². The fraction of sp³-hybridized carbons (Fsp3) is 0.286. The summed E-state index contributed by atoms with van der Waals surface area (Å²) in [5.74, 6) is 2.41. The molecule has 1 aliphatic heterocycles. The summed E-state index contributed by atoms with van der Waals surface area (Å²) >= 11 is 1.57. The first-order valence-electron chi connectivity index (χ1n) is 6.42. The predicted octanol–water partition coefficient (Wildman–Crippen LogP) is 2.83. The molecule has 0 atom stereocenters. The zero-order valence-electron chi connectivity index (χ0n) is 11.1. The highest BCUT2D eigenvalue weighted by molar-refractivity contribution is 7.99. The van der Waals surface area contributed by atoms with Crippen molar-refractivity contribution in [2.24, 2.45) is 0 Å². The average molecular weight is 289 g/mol. The summed E-state index contributed by atoms with van der Waals surface area (Å²) in [7, 11) is 1.84. The van der Waals surface area contributed by atoms with E-state index in [1.165, 1.54) is 0 Å². The zero-order chi connectivity index (χ0) is 13.8. The van der Waals surface area contributed by atoms with Gasteiger partial charge in [-0.25, -0.2) is 9.97 Å². The molecular weight excluding hydrogens is 274 g/mol. The van der Waals surface area contributed by atoms with Gasteiger partial charge in [-0.15, -0.1) is 0 Å². The first kappa shape index (κ1) is 13.1. The van der Waals surface area contributed by atoms with E-state index in [4.69, 9.17) is 9.47 Å². The fourth-order valence-electron chi connectivity index (χ4n) is 1.86. The number of hydrogen-bond acceptors (Lipinski definition) is 6. The maximum absolute atomic E-state index is 5.69. The maximum atomic E-state index is 5.69. The Morgan fingerprint density at radius 1 is 1.10 bits per heavy atom. The molecule has 1 N–H and O–H groups in total. The number of aromatic nitrogens is 2. The molecule has 0 radical (unpaired) electrons. The number of anilines is 1. The maximum Gasteiger partial charge on any atom is 0.162 e. The van der Waals surface area contributed by atoms with Gasteiger partial charge in [-0.05, 0) is 18.2 Å². The number of fused-ring (bicyclic) bond motifs is 1. The highest BCUT2D eigenvalue weighted by atomic mass is 32.2. The highest BCUT2D eigenvalue weighted by Crippen LogP contribution is 2.36. The van der Waals surface area contributed by atoms with Gasteiger partial charge in [0.25, 0.3) is 0 Å². The minimum Gasteiger partial charge on any atom is -0.490 e. The van der Waals surface area contributed by atoms with Crippen LogP contribution in [0.1, 0.15) is 6.42 Å². The van der Waals surface area contributed by atoms with E-state index in [0.29, 0.717) is 13.2 Å². The monoisotopic (exact) mass is 289 g/mol. The van der Waals surface area contributed by atoms with Gasteiger partial charge >= 0.3 is 0 Å². The molecule has 2 aromatic rings. The second-order valence-electron chi connectivity index (χ2n) is 4.25. The number of hydrogen-bond donors (Lipinski definition) is 1. The number of nitrogens with zero attached hydrogens (tertiary/aromatic N) is 2. The van der Waals surface area contributed by atoms with Gasteiger partial charge in [0.15, 0.2) is 11.5 Å². The van der Waals surface area contributed by atoms with Crippen LogP contribution in [0, 0.1) is 0 Å². The molecule has 1 aromatic carbocycles. The van der Waals surface area contributed by atoms with Crippen LogP contribution < -0.4 is 14.8 Å². The van der Waals surface area contributed by atoms with E-state index in [0.717, 1.165) is 33.7 Å². The molecule has 0 bridgehead atoms. The molecule has 0 saturated heterocycles. The third-order valence-electron chi connectivity index (χ3n) is 2.84. The van der Waals surface area contributed by atoms with Gasteiger partial charge in [-0.2, -0.15) is 0 Å². The van der Waals surface area contributed by atoms with Gasteiger partial charge in [0, 0.05) is 24.4 Å². The quantitative estimate of drug-likeness (QED) is 0.877. The first-order chi connectivity index (χ1) is 9.85. The summed E-state index contributed by atoms with van der Waals surface area (Å²) in [6, 6.07) is 7.86. The molecule has 0 aliphatic carbocycles. The van der Waals surface area contributed by atoms with Gasteiger partial charge in [-0.3, -0.25) is 0 Å². The van der Waals surface area contributed by atoms with E-state index in [2.05, 4.69) is 15.3 Å². The van der Waals surface area contributed by atoms with Gasteiger partial charge in [-0.1, -0.05) is 11.8 Å². The minimum atomic E-state index is 0.693. The Morgan fingerprint density at radius 3 is 2.80 bits per heavy atom. The van der Waals surface area contributed by atoms with Gasteiger partial charge < -0.3 is 14.8 Å². The first-order valence-corrected chi connectivity index (χ1v) is 7.24. The van der Waals surface area contributed by atoms with Crippen LogP contribution in [0.15, 0.2) is 40.5 Å². The topological polar surface area (TPSA) is 56.3 Å². The van der Waals surface area contributed by atoms with Gasteiger partial charge in [0.2, 0.25) is 0 Å². The third-order valence-corrected chi connectivity index (χ3v) is 3.76. The molecule has 0 unspecified atom stereocenters. The second kappa shape index (κ2) is 6.00. The summed E-state index contributed by atoms with van der Waals surface area (Å²) in [5.41, 5.74) is 0. The Balaban J connectivity index is 1.82. The SMILES string of the molecule is CNc1cc(Sc2ccc3c(c2)OCCCO3)ncn1. The number of nitrogens with one attached hydrogen (secondary N) is 1. The summed E-state index contributed by atoms with van der Waals surface area (Å²) in [6.45, 7) is 1.40. The van der Waals surface area contributed by atoms with Crippen LogP contribution in [0.5, 0.6) is 11.5 Å². The minimum absolute atomic E-state index is 0.693. The van der Waals surface area contributed by atoms with Crippen molar-refractivity contribution >= 4 is 17.6 Å². The lowest BCUT2D eigenvalue weighted by atomic mass is 10.3. The highest BCUT2D eigenvalue weighted by Gasteiger charge is 2.11. The Bertz CT molecular complexity index is 607. The molecule has 0 saturated carbocycles. The number of rotatable bonds is 3. The van der Waals surface area contributed by atoms with E-state index in [9.17, 15) is 0 Å². The molecule has 5 nitrogen and oxygen atoms in total. The largest absolute Gasteiger partial charge is 0.490 e. The second-order valence-corrected chi connectivity index (χ2v) is 5.35. The van der Waals surface area contributed by atoms with Crippen LogP contribution in [-0.4, -0.2) is 30.2 Å². The predicted molar refractivity (Wildman–Crippen MR) is 77.8 cm³/mol. The van der Waals surface area contributed by atoms with Gasteiger partial charge in [0.1, 0.15) is 17.2 Å². The molecule has 20 heavy (non-hydrogen) atoms. The summed E-state index contributed by atoms with van der Waals surface area (Å²) in [5, 5.41) is 3.89. The molecule has 0 amide bonds. The molecule has 1 aliphatic rings. The van der Waals surface area contributed by atoms with Crippen molar-refractivity contribution in [2.45, 2.75) is 16.3 Å². The van der Waals surface area contributed by atoms with Crippen LogP contribution >= 0.6 is 11.8 Å². The van der Waals surface area contributed by atoms with Crippen LogP contribution in [0.2, 0.25) is 0 Å². The van der Waals surface area contributed by atoms with E-state index in [1.54, 1.807) is 18.1 Å². The van der Waals surface area contributed by atoms with E-state index >= 15 is 0 Å². The standard InChI is InChI=1S/C14H15N3O2S/c1-15-13-8-14(17-9-16-13)20-10-3-4-11-12(7-10)19-6-2-5-18-11/h3-4,7-9H,2,5-6H2,1H3,(H,15,16,17). The summed E-state index contributed by atoms with van der Waals surface area (Å²) in [4.78, 5) is 9.42. The fourth-order valence-corrected chi connectivity index (χ4v) is 2.67. The molecule has 0 fully saturated rings. The average Bonchev–Trinajstić information content (AvgIpc) is 2.72. The summed E-state index contributed by atoms with van der Waals surface area (Å²) < 4.78 is 11.3. The van der Waals surface area contributed by atoms with Gasteiger partial charge in [0.05, 0.1) is 13.2 Å². The zero-order valence-corrected chi connectivity index (χ0v) is 11.9. The van der Waals surface area contributed by atoms with Crippen molar-refractivity contribution in [3.63, 3.8) is 0 Å². The van der Waals surface area contributed by atoms with Crippen molar-refractivity contribution < 1.29 is 9.47 Å². The Hall–Kier alpha value is -1.95. The lowest BCUT2D eigenvalue weighted by molar-refractivity contribution is 0.297. The molecule has 3 rings (SSSR count). The van der Waals surface area contributed by atoms with E-state index in [1.807, 2.05) is 31.3 Å². The molecule has 0 spiro atoms. The van der Waals surface area contributed by atoms with Crippen LogP contribution in [0.3, 0.4) is 0 Å². The van der Waals surface area contributed by atoms with Crippen LogP contribution in [0.25, 0.3) is 0 Å².